The smallest absolute Gasteiger partial charge is 0.253 e. The van der Waals surface area contributed by atoms with Gasteiger partial charge in [0.2, 0.25) is 0 Å². The molecule has 0 spiro atoms. The number of amides is 1. The van der Waals surface area contributed by atoms with Crippen LogP contribution >= 0.6 is 0 Å². The van der Waals surface area contributed by atoms with Crippen molar-refractivity contribution in [3.8, 4) is 0 Å². The summed E-state index contributed by atoms with van der Waals surface area (Å²) in [5.74, 6) is 0.940. The molecule has 0 N–H and O–H groups in total. The van der Waals surface area contributed by atoms with Gasteiger partial charge in [0.15, 0.2) is 0 Å². The third-order valence-corrected chi connectivity index (χ3v) is 2.64. The van der Waals surface area contributed by atoms with E-state index in [1.54, 1.807) is 18.2 Å². The average molecular weight is 229 g/mol. The van der Waals surface area contributed by atoms with Crippen LogP contribution in [0.15, 0.2) is 53.1 Å². The van der Waals surface area contributed by atoms with E-state index in [0.717, 1.165) is 17.7 Å². The number of furan rings is 1. The van der Waals surface area contributed by atoms with E-state index in [1.807, 2.05) is 42.5 Å². The minimum Gasteiger partial charge on any atom is -0.469 e. The Labute approximate surface area is 101 Å². The monoisotopic (exact) mass is 229 g/mol. The van der Waals surface area contributed by atoms with Gasteiger partial charge < -0.3 is 9.32 Å². The van der Waals surface area contributed by atoms with Crippen LogP contribution in [-0.2, 0) is 6.42 Å². The Morgan fingerprint density at radius 2 is 1.94 bits per heavy atom. The van der Waals surface area contributed by atoms with E-state index in [9.17, 15) is 4.79 Å². The van der Waals surface area contributed by atoms with Crippen molar-refractivity contribution in [3.05, 3.63) is 60.1 Å². The summed E-state index contributed by atoms with van der Waals surface area (Å²) in [5, 5.41) is 0. The minimum atomic E-state index is 0.0390. The summed E-state index contributed by atoms with van der Waals surface area (Å²) in [6, 6.07) is 13.1. The fraction of sp³-hybridized carbons (Fsp3) is 0.214. The van der Waals surface area contributed by atoms with E-state index in [4.69, 9.17) is 4.42 Å². The van der Waals surface area contributed by atoms with Gasteiger partial charge in [-0.15, -0.1) is 0 Å². The van der Waals surface area contributed by atoms with Crippen molar-refractivity contribution in [3.63, 3.8) is 0 Å². The fourth-order valence-corrected chi connectivity index (χ4v) is 1.64. The standard InChI is InChI=1S/C14H15NO2/c1-15(10-9-13-8-5-11-17-13)14(16)12-6-3-2-4-7-12/h2-8,11H,9-10H2,1H3. The highest BCUT2D eigenvalue weighted by atomic mass is 16.3. The highest BCUT2D eigenvalue weighted by molar-refractivity contribution is 5.93. The van der Waals surface area contributed by atoms with Crippen LogP contribution in [0.5, 0.6) is 0 Å². The zero-order valence-corrected chi connectivity index (χ0v) is 9.80. The Balaban J connectivity index is 1.92. The normalized spacial score (nSPS) is 10.2. The molecule has 2 rings (SSSR count). The minimum absolute atomic E-state index is 0.0390. The first kappa shape index (κ1) is 11.5. The van der Waals surface area contributed by atoms with Crippen LogP contribution in [0.1, 0.15) is 16.1 Å². The molecule has 0 atom stereocenters. The Kier molecular flexibility index (Phi) is 3.60. The Hall–Kier alpha value is -2.03. The maximum atomic E-state index is 12.0. The molecule has 2 aromatic rings. The molecule has 3 heteroatoms. The number of hydrogen-bond donors (Lipinski definition) is 0. The molecular weight excluding hydrogens is 214 g/mol. The number of likely N-dealkylation sites (N-methyl/N-ethyl adjacent to an activating group) is 1. The highest BCUT2D eigenvalue weighted by Gasteiger charge is 2.10. The molecule has 3 nitrogen and oxygen atoms in total. The molecule has 0 aliphatic heterocycles. The van der Waals surface area contributed by atoms with E-state index in [2.05, 4.69) is 0 Å². The molecule has 0 unspecified atom stereocenters. The molecule has 0 bridgehead atoms. The molecule has 17 heavy (non-hydrogen) atoms. The molecular formula is C14H15NO2. The average Bonchev–Trinajstić information content (AvgIpc) is 2.89. The molecule has 88 valence electrons. The predicted octanol–water partition coefficient (Wildman–Crippen LogP) is 2.59. The first-order chi connectivity index (χ1) is 8.27. The second-order valence-corrected chi connectivity index (χ2v) is 3.92. The first-order valence-electron chi connectivity index (χ1n) is 5.60. The van der Waals surface area contributed by atoms with Crippen LogP contribution < -0.4 is 0 Å². The molecule has 1 aromatic carbocycles. The Morgan fingerprint density at radius 1 is 1.18 bits per heavy atom. The third kappa shape index (κ3) is 2.97. The molecule has 0 fully saturated rings. The summed E-state index contributed by atoms with van der Waals surface area (Å²) in [5.41, 5.74) is 0.717. The maximum absolute atomic E-state index is 12.0. The van der Waals surface area contributed by atoms with Crippen molar-refractivity contribution < 1.29 is 9.21 Å². The molecule has 0 aliphatic carbocycles. The Morgan fingerprint density at radius 3 is 2.59 bits per heavy atom. The molecule has 1 aromatic heterocycles. The topological polar surface area (TPSA) is 33.5 Å². The number of carbonyl (C=O) groups is 1. The van der Waals surface area contributed by atoms with Crippen LogP contribution in [-0.4, -0.2) is 24.4 Å². The van der Waals surface area contributed by atoms with Gasteiger partial charge in [0, 0.05) is 25.6 Å². The second-order valence-electron chi connectivity index (χ2n) is 3.92. The van der Waals surface area contributed by atoms with E-state index in [0.29, 0.717) is 6.54 Å². The summed E-state index contributed by atoms with van der Waals surface area (Å²) >= 11 is 0. The molecule has 0 aliphatic rings. The van der Waals surface area contributed by atoms with Crippen molar-refractivity contribution in [2.75, 3.05) is 13.6 Å². The van der Waals surface area contributed by atoms with Gasteiger partial charge in [-0.1, -0.05) is 18.2 Å². The summed E-state index contributed by atoms with van der Waals surface area (Å²) in [7, 11) is 1.80. The summed E-state index contributed by atoms with van der Waals surface area (Å²) in [4.78, 5) is 13.7. The highest BCUT2D eigenvalue weighted by Crippen LogP contribution is 2.06. The quantitative estimate of drug-likeness (QED) is 0.807. The molecule has 0 radical (unpaired) electrons. The first-order valence-corrected chi connectivity index (χ1v) is 5.60. The zero-order chi connectivity index (χ0) is 12.1. The lowest BCUT2D eigenvalue weighted by molar-refractivity contribution is 0.0795. The van der Waals surface area contributed by atoms with Gasteiger partial charge in [0.25, 0.3) is 5.91 Å². The van der Waals surface area contributed by atoms with Gasteiger partial charge in [-0.2, -0.15) is 0 Å². The number of carbonyl (C=O) groups excluding carboxylic acids is 1. The molecule has 1 amide bonds. The maximum Gasteiger partial charge on any atom is 0.253 e. The van der Waals surface area contributed by atoms with Gasteiger partial charge >= 0.3 is 0 Å². The van der Waals surface area contributed by atoms with Crippen molar-refractivity contribution >= 4 is 5.91 Å². The number of nitrogens with zero attached hydrogens (tertiary/aromatic N) is 1. The lowest BCUT2D eigenvalue weighted by atomic mass is 10.2. The predicted molar refractivity (Wildman–Crippen MR) is 65.8 cm³/mol. The SMILES string of the molecule is CN(CCc1ccco1)C(=O)c1ccccc1. The number of benzene rings is 1. The lowest BCUT2D eigenvalue weighted by Gasteiger charge is -2.16. The van der Waals surface area contributed by atoms with Crippen LogP contribution in [0.3, 0.4) is 0 Å². The van der Waals surface area contributed by atoms with Gasteiger partial charge in [-0.05, 0) is 24.3 Å². The van der Waals surface area contributed by atoms with E-state index in [1.165, 1.54) is 0 Å². The Bertz CT molecular complexity index is 462. The van der Waals surface area contributed by atoms with Crippen molar-refractivity contribution in [2.24, 2.45) is 0 Å². The van der Waals surface area contributed by atoms with Crippen LogP contribution in [0.25, 0.3) is 0 Å². The van der Waals surface area contributed by atoms with Crippen LogP contribution in [0, 0.1) is 0 Å². The molecule has 0 saturated heterocycles. The summed E-state index contributed by atoms with van der Waals surface area (Å²) < 4.78 is 5.23. The molecule has 1 heterocycles. The van der Waals surface area contributed by atoms with Gasteiger partial charge in [0.1, 0.15) is 5.76 Å². The lowest BCUT2D eigenvalue weighted by Crippen LogP contribution is -2.28. The van der Waals surface area contributed by atoms with Crippen LogP contribution in [0.4, 0.5) is 0 Å². The largest absolute Gasteiger partial charge is 0.469 e. The van der Waals surface area contributed by atoms with Crippen molar-refractivity contribution in [1.29, 1.82) is 0 Å². The van der Waals surface area contributed by atoms with Crippen molar-refractivity contribution in [1.82, 2.24) is 4.90 Å². The van der Waals surface area contributed by atoms with Crippen LogP contribution in [0.2, 0.25) is 0 Å². The summed E-state index contributed by atoms with van der Waals surface area (Å²) in [6.07, 6.45) is 2.39. The van der Waals surface area contributed by atoms with E-state index < -0.39 is 0 Å². The second kappa shape index (κ2) is 5.34. The number of hydrogen-bond acceptors (Lipinski definition) is 2. The zero-order valence-electron chi connectivity index (χ0n) is 9.80. The molecule has 0 saturated carbocycles. The number of rotatable bonds is 4. The van der Waals surface area contributed by atoms with Gasteiger partial charge in [-0.25, -0.2) is 0 Å². The van der Waals surface area contributed by atoms with E-state index >= 15 is 0 Å². The van der Waals surface area contributed by atoms with Crippen molar-refractivity contribution in [2.45, 2.75) is 6.42 Å². The third-order valence-electron chi connectivity index (χ3n) is 2.64. The van der Waals surface area contributed by atoms with Gasteiger partial charge in [-0.3, -0.25) is 4.79 Å². The van der Waals surface area contributed by atoms with E-state index in [-0.39, 0.29) is 5.91 Å². The van der Waals surface area contributed by atoms with Gasteiger partial charge in [0.05, 0.1) is 6.26 Å². The summed E-state index contributed by atoms with van der Waals surface area (Å²) in [6.45, 7) is 0.654. The fourth-order valence-electron chi connectivity index (χ4n) is 1.64.